The molecule has 1 atom stereocenters. The number of rotatable bonds is 2. The average Bonchev–Trinajstić information content (AvgIpc) is 2.61. The highest BCUT2D eigenvalue weighted by molar-refractivity contribution is 7.92. The Morgan fingerprint density at radius 1 is 1.04 bits per heavy atom. The molecular weight excluding hydrogens is 312 g/mol. The minimum absolute atomic E-state index is 0.274. The third-order valence-corrected chi connectivity index (χ3v) is 6.10. The summed E-state index contributed by atoms with van der Waals surface area (Å²) in [6.07, 6.45) is 4.91. The molecule has 0 amide bonds. The normalized spacial score (nSPS) is 19.2. The van der Waals surface area contributed by atoms with E-state index in [2.05, 4.69) is 0 Å². The zero-order valence-electron chi connectivity index (χ0n) is 12.4. The average molecular weight is 328 g/mol. The van der Waals surface area contributed by atoms with Crippen molar-refractivity contribution in [3.8, 4) is 11.5 Å². The molecule has 0 N–H and O–H groups in total. The molecule has 2 aromatic rings. The highest BCUT2D eigenvalue weighted by Gasteiger charge is 2.33. The molecular formula is C18H16O4S. The Morgan fingerprint density at radius 2 is 1.91 bits per heavy atom. The lowest BCUT2D eigenvalue weighted by Crippen LogP contribution is -2.31. The maximum absolute atomic E-state index is 12.9. The molecule has 4 nitrogen and oxygen atoms in total. The van der Waals surface area contributed by atoms with E-state index in [0.29, 0.717) is 30.9 Å². The fourth-order valence-corrected chi connectivity index (χ4v) is 4.46. The minimum Gasteiger partial charge on any atom is -0.489 e. The van der Waals surface area contributed by atoms with Gasteiger partial charge in [0.2, 0.25) is 15.3 Å². The van der Waals surface area contributed by atoms with Crippen LogP contribution in [0.4, 0.5) is 0 Å². The van der Waals surface area contributed by atoms with E-state index >= 15 is 0 Å². The van der Waals surface area contributed by atoms with Gasteiger partial charge in [0, 0.05) is 12.0 Å². The fraction of sp³-hybridized carbons (Fsp3) is 0.222. The monoisotopic (exact) mass is 328 g/mol. The van der Waals surface area contributed by atoms with E-state index in [1.54, 1.807) is 18.2 Å². The Balaban J connectivity index is 1.68. The summed E-state index contributed by atoms with van der Waals surface area (Å²) in [6, 6.07) is 12.5. The van der Waals surface area contributed by atoms with Gasteiger partial charge in [-0.2, -0.15) is 0 Å². The van der Waals surface area contributed by atoms with E-state index in [1.807, 2.05) is 36.4 Å². The lowest BCUT2D eigenvalue weighted by Gasteiger charge is -2.26. The second-order valence-corrected chi connectivity index (χ2v) is 7.74. The number of para-hydroxylation sites is 1. The van der Waals surface area contributed by atoms with Gasteiger partial charge in [-0.1, -0.05) is 24.3 Å². The van der Waals surface area contributed by atoms with Gasteiger partial charge in [0.25, 0.3) is 0 Å². The molecule has 0 aliphatic carbocycles. The maximum Gasteiger partial charge on any atom is 0.216 e. The Kier molecular flexibility index (Phi) is 3.38. The molecule has 2 aliphatic rings. The van der Waals surface area contributed by atoms with Crippen molar-refractivity contribution in [3.63, 3.8) is 0 Å². The quantitative estimate of drug-likeness (QED) is 0.849. The lowest BCUT2D eigenvalue weighted by molar-refractivity contribution is 0.242. The first-order valence-electron chi connectivity index (χ1n) is 7.56. The van der Waals surface area contributed by atoms with Gasteiger partial charge in [-0.15, -0.1) is 0 Å². The van der Waals surface area contributed by atoms with Crippen molar-refractivity contribution in [2.75, 3.05) is 6.61 Å². The number of hydrogen-bond acceptors (Lipinski definition) is 4. The number of sulfone groups is 1. The highest BCUT2D eigenvalue weighted by atomic mass is 32.2. The van der Waals surface area contributed by atoms with Crippen molar-refractivity contribution in [2.45, 2.75) is 23.2 Å². The predicted octanol–water partition coefficient (Wildman–Crippen LogP) is 3.22. The molecule has 0 fully saturated rings. The van der Waals surface area contributed by atoms with E-state index in [-0.39, 0.29) is 4.90 Å². The SMILES string of the molecule is O=S(=O)(c1ccc2c(c1)C=CCO2)C1CCc2ccccc2O1. The van der Waals surface area contributed by atoms with Crippen LogP contribution >= 0.6 is 0 Å². The number of ether oxygens (including phenoxy) is 2. The van der Waals surface area contributed by atoms with Crippen LogP contribution in [0.2, 0.25) is 0 Å². The number of hydrogen-bond donors (Lipinski definition) is 0. The van der Waals surface area contributed by atoms with Crippen molar-refractivity contribution in [3.05, 3.63) is 59.7 Å². The summed E-state index contributed by atoms with van der Waals surface area (Å²) in [5.74, 6) is 1.37. The Labute approximate surface area is 135 Å². The Morgan fingerprint density at radius 3 is 2.83 bits per heavy atom. The van der Waals surface area contributed by atoms with Crippen molar-refractivity contribution in [1.82, 2.24) is 0 Å². The topological polar surface area (TPSA) is 52.6 Å². The van der Waals surface area contributed by atoms with Crippen molar-refractivity contribution >= 4 is 15.9 Å². The lowest BCUT2D eigenvalue weighted by atomic mass is 10.1. The molecule has 0 saturated heterocycles. The predicted molar refractivity (Wildman–Crippen MR) is 87.3 cm³/mol. The largest absolute Gasteiger partial charge is 0.489 e. The van der Waals surface area contributed by atoms with Crippen LogP contribution in [0.25, 0.3) is 6.08 Å². The second-order valence-electron chi connectivity index (χ2n) is 5.65. The van der Waals surface area contributed by atoms with Crippen LogP contribution in [0.3, 0.4) is 0 Å². The molecule has 118 valence electrons. The van der Waals surface area contributed by atoms with Gasteiger partial charge in [-0.05, 0) is 42.3 Å². The van der Waals surface area contributed by atoms with Crippen molar-refractivity contribution < 1.29 is 17.9 Å². The van der Waals surface area contributed by atoms with Crippen molar-refractivity contribution in [1.29, 1.82) is 0 Å². The molecule has 0 bridgehead atoms. The fourth-order valence-electron chi connectivity index (χ4n) is 2.95. The van der Waals surface area contributed by atoms with Gasteiger partial charge >= 0.3 is 0 Å². The number of aryl methyl sites for hydroxylation is 1. The first kappa shape index (κ1) is 14.3. The highest BCUT2D eigenvalue weighted by Crippen LogP contribution is 2.33. The van der Waals surface area contributed by atoms with Gasteiger partial charge in [0.1, 0.15) is 18.1 Å². The molecule has 0 spiro atoms. The Bertz CT molecular complexity index is 884. The number of fused-ring (bicyclic) bond motifs is 2. The van der Waals surface area contributed by atoms with E-state index in [1.165, 1.54) is 0 Å². The zero-order chi connectivity index (χ0) is 15.9. The van der Waals surface area contributed by atoms with Gasteiger partial charge in [-0.25, -0.2) is 8.42 Å². The molecule has 23 heavy (non-hydrogen) atoms. The van der Waals surface area contributed by atoms with Crippen LogP contribution in [-0.4, -0.2) is 20.5 Å². The van der Waals surface area contributed by atoms with Crippen LogP contribution in [0.15, 0.2) is 53.4 Å². The molecule has 1 unspecified atom stereocenters. The van der Waals surface area contributed by atoms with Crippen LogP contribution in [-0.2, 0) is 16.3 Å². The van der Waals surface area contributed by atoms with Crippen LogP contribution in [0.1, 0.15) is 17.5 Å². The van der Waals surface area contributed by atoms with Gasteiger partial charge in [0.15, 0.2) is 0 Å². The third kappa shape index (κ3) is 2.51. The molecule has 5 heteroatoms. The summed E-state index contributed by atoms with van der Waals surface area (Å²) in [6.45, 7) is 0.515. The third-order valence-electron chi connectivity index (χ3n) is 4.17. The van der Waals surface area contributed by atoms with Crippen LogP contribution < -0.4 is 9.47 Å². The van der Waals surface area contributed by atoms with E-state index < -0.39 is 15.3 Å². The molecule has 4 rings (SSSR count). The van der Waals surface area contributed by atoms with Gasteiger partial charge in [-0.3, -0.25) is 0 Å². The summed E-state index contributed by atoms with van der Waals surface area (Å²) < 4.78 is 37.0. The summed E-state index contributed by atoms with van der Waals surface area (Å²) >= 11 is 0. The molecule has 0 aromatic heterocycles. The van der Waals surface area contributed by atoms with Gasteiger partial charge in [0.05, 0.1) is 4.90 Å². The van der Waals surface area contributed by atoms with E-state index in [4.69, 9.17) is 9.47 Å². The smallest absolute Gasteiger partial charge is 0.216 e. The van der Waals surface area contributed by atoms with E-state index in [9.17, 15) is 8.42 Å². The summed E-state index contributed by atoms with van der Waals surface area (Å²) in [7, 11) is -3.55. The standard InChI is InChI=1S/C18H16O4S/c19-23(20,15-8-9-16-14(12-15)5-3-11-21-16)18-10-7-13-4-1-2-6-17(13)22-18/h1-6,8-9,12,18H,7,10-11H2. The molecule has 2 heterocycles. The van der Waals surface area contributed by atoms with E-state index in [0.717, 1.165) is 11.1 Å². The zero-order valence-corrected chi connectivity index (χ0v) is 13.3. The van der Waals surface area contributed by atoms with Crippen LogP contribution in [0, 0.1) is 0 Å². The molecule has 0 saturated carbocycles. The second kappa shape index (κ2) is 5.42. The summed E-state index contributed by atoms with van der Waals surface area (Å²) in [5.41, 5.74) is 0.998. The maximum atomic E-state index is 12.9. The molecule has 2 aliphatic heterocycles. The summed E-state index contributed by atoms with van der Waals surface area (Å²) in [5, 5.41) is 0. The summed E-state index contributed by atoms with van der Waals surface area (Å²) in [4.78, 5) is 0.274. The van der Waals surface area contributed by atoms with Crippen molar-refractivity contribution in [2.24, 2.45) is 0 Å². The molecule has 0 radical (unpaired) electrons. The Hall–Kier alpha value is -2.27. The molecule has 2 aromatic carbocycles. The number of benzene rings is 2. The minimum atomic E-state index is -3.55. The first-order chi connectivity index (χ1) is 11.1. The van der Waals surface area contributed by atoms with Gasteiger partial charge < -0.3 is 9.47 Å². The van der Waals surface area contributed by atoms with Crippen LogP contribution in [0.5, 0.6) is 11.5 Å². The first-order valence-corrected chi connectivity index (χ1v) is 9.11.